The molecule has 0 aliphatic carbocycles. The van der Waals surface area contributed by atoms with Crippen molar-refractivity contribution in [2.75, 3.05) is 0 Å². The Morgan fingerprint density at radius 1 is 1.21 bits per heavy atom. The lowest BCUT2D eigenvalue weighted by molar-refractivity contribution is 0.405. The van der Waals surface area contributed by atoms with Gasteiger partial charge in [-0.3, -0.25) is 0 Å². The third-order valence-electron chi connectivity index (χ3n) is 3.49. The van der Waals surface area contributed by atoms with Gasteiger partial charge in [0.05, 0.1) is 21.4 Å². The highest BCUT2D eigenvalue weighted by atomic mass is 35.5. The molecule has 0 bridgehead atoms. The number of alkyl halides is 1. The Morgan fingerprint density at radius 3 is 2.37 bits per heavy atom. The zero-order valence-electron chi connectivity index (χ0n) is 11.4. The van der Waals surface area contributed by atoms with Crippen LogP contribution in [0.4, 0.5) is 4.39 Å². The van der Waals surface area contributed by atoms with E-state index in [9.17, 15) is 4.39 Å². The number of nitrogens with zero attached hydrogens (tertiary/aromatic N) is 2. The molecule has 2 unspecified atom stereocenters. The van der Waals surface area contributed by atoms with Gasteiger partial charge in [-0.2, -0.15) is 0 Å². The molecule has 0 fully saturated rings. The summed E-state index contributed by atoms with van der Waals surface area (Å²) in [6.07, 6.45) is 0. The predicted octanol–water partition coefficient (Wildman–Crippen LogP) is 5.35. The molecule has 0 saturated carbocycles. The lowest BCUT2D eigenvalue weighted by atomic mass is 10.1. The van der Waals surface area contributed by atoms with Crippen LogP contribution in [-0.2, 0) is 0 Å². The molecular weight excluding hydrogens is 286 g/mol. The van der Waals surface area contributed by atoms with E-state index in [2.05, 4.69) is 25.8 Å². The quantitative estimate of drug-likeness (QED) is 0.699. The molecule has 104 valence electrons. The van der Waals surface area contributed by atoms with Gasteiger partial charge in [0.1, 0.15) is 11.6 Å². The topological polar surface area (TPSA) is 17.8 Å². The predicted molar refractivity (Wildman–Crippen MR) is 78.5 cm³/mol. The Bertz CT molecular complexity index is 605. The average molecular weight is 303 g/mol. The van der Waals surface area contributed by atoms with Crippen LogP contribution in [0.1, 0.15) is 44.9 Å². The summed E-state index contributed by atoms with van der Waals surface area (Å²) in [4.78, 5) is 4.50. The number of benzene rings is 1. The van der Waals surface area contributed by atoms with Gasteiger partial charge in [-0.25, -0.2) is 9.37 Å². The summed E-state index contributed by atoms with van der Waals surface area (Å²) in [5.41, 5.74) is 1.42. The summed E-state index contributed by atoms with van der Waals surface area (Å²) in [7, 11) is 0. The molecule has 0 radical (unpaired) electrons. The van der Waals surface area contributed by atoms with Crippen molar-refractivity contribution in [1.29, 1.82) is 0 Å². The van der Waals surface area contributed by atoms with Gasteiger partial charge in [0.15, 0.2) is 0 Å². The average Bonchev–Trinajstić information content (AvgIpc) is 2.67. The number of fused-ring (bicyclic) bond motifs is 1. The van der Waals surface area contributed by atoms with Crippen molar-refractivity contribution in [2.24, 2.45) is 5.92 Å². The molecule has 0 amide bonds. The Morgan fingerprint density at radius 2 is 1.84 bits per heavy atom. The van der Waals surface area contributed by atoms with E-state index in [4.69, 9.17) is 23.2 Å². The maximum absolute atomic E-state index is 13.7. The van der Waals surface area contributed by atoms with E-state index < -0.39 is 5.82 Å². The van der Waals surface area contributed by atoms with E-state index in [0.29, 0.717) is 11.4 Å². The minimum atomic E-state index is -0.431. The molecule has 1 heterocycles. The normalized spacial score (nSPS) is 15.2. The zero-order chi connectivity index (χ0) is 14.3. The maximum atomic E-state index is 13.7. The molecule has 1 aromatic carbocycles. The van der Waals surface area contributed by atoms with E-state index in [-0.39, 0.29) is 16.4 Å². The molecule has 2 nitrogen and oxygen atoms in total. The van der Waals surface area contributed by atoms with Crippen LogP contribution in [-0.4, -0.2) is 9.55 Å². The first-order valence-electron chi connectivity index (χ1n) is 6.33. The highest BCUT2D eigenvalue weighted by Gasteiger charge is 2.22. The fraction of sp³-hybridized carbons (Fsp3) is 0.500. The van der Waals surface area contributed by atoms with E-state index in [1.165, 1.54) is 6.07 Å². The Kier molecular flexibility index (Phi) is 4.07. The van der Waals surface area contributed by atoms with Crippen molar-refractivity contribution >= 4 is 34.2 Å². The van der Waals surface area contributed by atoms with Gasteiger partial charge in [-0.05, 0) is 25.8 Å². The molecular formula is C14H17Cl2FN2. The SMILES string of the molecule is CC(Cl)c1nc2cc(Cl)c(F)cc2n1C(C)C(C)C. The van der Waals surface area contributed by atoms with Crippen LogP contribution in [0.2, 0.25) is 5.02 Å². The molecule has 5 heteroatoms. The highest BCUT2D eigenvalue weighted by Crippen LogP contribution is 2.32. The van der Waals surface area contributed by atoms with Gasteiger partial charge in [-0.1, -0.05) is 25.4 Å². The van der Waals surface area contributed by atoms with Crippen LogP contribution < -0.4 is 0 Å². The standard InChI is InChI=1S/C14H17Cl2FN2/c1-7(2)9(4)19-13-6-11(17)10(16)5-12(13)18-14(19)8(3)15/h5-9H,1-4H3. The molecule has 0 saturated heterocycles. The molecule has 2 atom stereocenters. The highest BCUT2D eigenvalue weighted by molar-refractivity contribution is 6.31. The van der Waals surface area contributed by atoms with Gasteiger partial charge in [0.25, 0.3) is 0 Å². The lowest BCUT2D eigenvalue weighted by Gasteiger charge is -2.22. The van der Waals surface area contributed by atoms with Crippen molar-refractivity contribution in [1.82, 2.24) is 9.55 Å². The van der Waals surface area contributed by atoms with Gasteiger partial charge >= 0.3 is 0 Å². The second-order valence-electron chi connectivity index (χ2n) is 5.20. The summed E-state index contributed by atoms with van der Waals surface area (Å²) >= 11 is 12.0. The molecule has 1 aromatic heterocycles. The molecule has 2 rings (SSSR count). The third-order valence-corrected chi connectivity index (χ3v) is 3.97. The lowest BCUT2D eigenvalue weighted by Crippen LogP contribution is -2.15. The first kappa shape index (κ1) is 14.6. The first-order chi connectivity index (χ1) is 8.82. The fourth-order valence-electron chi connectivity index (χ4n) is 2.12. The largest absolute Gasteiger partial charge is 0.324 e. The van der Waals surface area contributed by atoms with Crippen molar-refractivity contribution in [3.8, 4) is 0 Å². The van der Waals surface area contributed by atoms with Crippen LogP contribution in [0.15, 0.2) is 12.1 Å². The van der Waals surface area contributed by atoms with Gasteiger partial charge in [0.2, 0.25) is 0 Å². The van der Waals surface area contributed by atoms with Gasteiger partial charge in [-0.15, -0.1) is 11.6 Å². The molecule has 0 N–H and O–H groups in total. The monoisotopic (exact) mass is 302 g/mol. The second-order valence-corrected chi connectivity index (χ2v) is 6.26. The van der Waals surface area contributed by atoms with E-state index in [1.807, 2.05) is 11.5 Å². The zero-order valence-corrected chi connectivity index (χ0v) is 12.9. The van der Waals surface area contributed by atoms with E-state index >= 15 is 0 Å². The minimum Gasteiger partial charge on any atom is -0.324 e. The summed E-state index contributed by atoms with van der Waals surface area (Å²) < 4.78 is 15.7. The van der Waals surface area contributed by atoms with E-state index in [0.717, 1.165) is 11.3 Å². The number of hydrogen-bond donors (Lipinski definition) is 0. The van der Waals surface area contributed by atoms with Crippen molar-refractivity contribution in [3.05, 3.63) is 28.8 Å². The van der Waals surface area contributed by atoms with Crippen LogP contribution in [0.3, 0.4) is 0 Å². The smallest absolute Gasteiger partial charge is 0.144 e. The van der Waals surface area contributed by atoms with Crippen molar-refractivity contribution in [3.63, 3.8) is 0 Å². The van der Waals surface area contributed by atoms with Crippen LogP contribution >= 0.6 is 23.2 Å². The summed E-state index contributed by atoms with van der Waals surface area (Å²) in [5, 5.41) is -0.154. The molecule has 0 aliphatic heterocycles. The number of aromatic nitrogens is 2. The van der Waals surface area contributed by atoms with Crippen molar-refractivity contribution < 1.29 is 4.39 Å². The van der Waals surface area contributed by atoms with E-state index in [1.54, 1.807) is 6.07 Å². The third kappa shape index (κ3) is 2.59. The number of imidazole rings is 1. The second kappa shape index (κ2) is 5.29. The minimum absolute atomic E-state index is 0.0862. The first-order valence-corrected chi connectivity index (χ1v) is 7.15. The Hall–Kier alpha value is -0.800. The number of hydrogen-bond acceptors (Lipinski definition) is 1. The molecule has 19 heavy (non-hydrogen) atoms. The van der Waals surface area contributed by atoms with Crippen molar-refractivity contribution in [2.45, 2.75) is 39.1 Å². The van der Waals surface area contributed by atoms with Crippen LogP contribution in [0.5, 0.6) is 0 Å². The molecule has 0 aliphatic rings. The number of halogens is 3. The van der Waals surface area contributed by atoms with Gasteiger partial charge in [0, 0.05) is 12.1 Å². The Balaban J connectivity index is 2.76. The molecule has 0 spiro atoms. The summed E-state index contributed by atoms with van der Waals surface area (Å²) in [6.45, 7) is 8.18. The van der Waals surface area contributed by atoms with Gasteiger partial charge < -0.3 is 4.57 Å². The summed E-state index contributed by atoms with van der Waals surface area (Å²) in [6, 6.07) is 3.17. The molecule has 2 aromatic rings. The van der Waals surface area contributed by atoms with Crippen LogP contribution in [0.25, 0.3) is 11.0 Å². The fourth-order valence-corrected chi connectivity index (χ4v) is 2.43. The summed E-state index contributed by atoms with van der Waals surface area (Å²) in [5.74, 6) is 0.713. The number of rotatable bonds is 3. The van der Waals surface area contributed by atoms with Crippen LogP contribution in [0, 0.1) is 11.7 Å². The Labute approximate surface area is 122 Å². The maximum Gasteiger partial charge on any atom is 0.144 e.